The summed E-state index contributed by atoms with van der Waals surface area (Å²) in [5.74, 6) is -3.33. The van der Waals surface area contributed by atoms with E-state index < -0.39 is 48.4 Å². The van der Waals surface area contributed by atoms with Gasteiger partial charge in [-0.25, -0.2) is 4.98 Å². The van der Waals surface area contributed by atoms with E-state index in [0.29, 0.717) is 12.1 Å². The van der Waals surface area contributed by atoms with Crippen molar-refractivity contribution in [2.75, 3.05) is 6.54 Å². The summed E-state index contributed by atoms with van der Waals surface area (Å²) in [6, 6.07) is -2.73. The highest BCUT2D eigenvalue weighted by molar-refractivity contribution is 5.94. The minimum Gasteiger partial charge on any atom is -0.480 e. The summed E-state index contributed by atoms with van der Waals surface area (Å²) >= 11 is 0. The van der Waals surface area contributed by atoms with Gasteiger partial charge in [0.2, 0.25) is 17.7 Å². The summed E-state index contributed by atoms with van der Waals surface area (Å²) in [6.07, 6.45) is 3.85. The number of carbonyl (C=O) groups excluding carboxylic acids is 3. The standard InChI is InChI=1S/C19H32N6O5/c1-5-11(4)16(18(29)22-8-14(26)27)25-19(30)15(10(2)3)24-17(28)13(20)6-12-7-21-9-23-12/h7,9-11,13,15-16H,5-6,8,20H2,1-4H3,(H,21,23)(H,22,29)(H,24,28)(H,25,30)(H,26,27). The molecule has 11 heteroatoms. The Morgan fingerprint density at radius 2 is 1.73 bits per heavy atom. The van der Waals surface area contributed by atoms with Crippen LogP contribution in [0.3, 0.4) is 0 Å². The molecule has 0 aliphatic carbocycles. The SMILES string of the molecule is CCC(C)C(NC(=O)C(NC(=O)C(N)Cc1cnc[nH]1)C(C)C)C(=O)NCC(=O)O. The minimum atomic E-state index is -1.18. The van der Waals surface area contributed by atoms with Crippen LogP contribution < -0.4 is 21.7 Å². The van der Waals surface area contributed by atoms with E-state index in [0.717, 1.165) is 0 Å². The first-order chi connectivity index (χ1) is 14.1. The Morgan fingerprint density at radius 1 is 1.10 bits per heavy atom. The predicted octanol–water partition coefficient (Wildman–Crippen LogP) is -0.848. The molecule has 0 saturated heterocycles. The number of carboxylic acids is 1. The summed E-state index contributed by atoms with van der Waals surface area (Å²) in [5, 5.41) is 16.3. The Labute approximate surface area is 175 Å². The normalized spacial score (nSPS) is 15.0. The molecule has 1 aromatic heterocycles. The highest BCUT2D eigenvalue weighted by Crippen LogP contribution is 2.10. The molecule has 0 aliphatic heterocycles. The van der Waals surface area contributed by atoms with Crippen LogP contribution in [0.25, 0.3) is 0 Å². The number of hydrogen-bond donors (Lipinski definition) is 6. The van der Waals surface area contributed by atoms with Crippen molar-refractivity contribution < 1.29 is 24.3 Å². The average Bonchev–Trinajstić information content (AvgIpc) is 3.19. The number of aromatic amines is 1. The summed E-state index contributed by atoms with van der Waals surface area (Å²) in [4.78, 5) is 55.2. The molecule has 1 heterocycles. The molecule has 0 aliphatic rings. The van der Waals surface area contributed by atoms with E-state index >= 15 is 0 Å². The molecule has 0 bridgehead atoms. The van der Waals surface area contributed by atoms with Crippen LogP contribution in [0.15, 0.2) is 12.5 Å². The molecule has 168 valence electrons. The number of aromatic nitrogens is 2. The molecular formula is C19H32N6O5. The lowest BCUT2D eigenvalue weighted by atomic mass is 9.96. The van der Waals surface area contributed by atoms with Crippen LogP contribution in [0.4, 0.5) is 0 Å². The maximum Gasteiger partial charge on any atom is 0.322 e. The molecule has 1 aromatic rings. The zero-order chi connectivity index (χ0) is 22.8. The topological polar surface area (TPSA) is 179 Å². The fraction of sp³-hybridized carbons (Fsp3) is 0.632. The maximum absolute atomic E-state index is 12.9. The van der Waals surface area contributed by atoms with E-state index in [4.69, 9.17) is 10.8 Å². The second-order valence-electron chi connectivity index (χ2n) is 7.60. The summed E-state index contributed by atoms with van der Waals surface area (Å²) in [6.45, 7) is 6.59. The Morgan fingerprint density at radius 3 is 2.23 bits per heavy atom. The first-order valence-corrected chi connectivity index (χ1v) is 9.89. The van der Waals surface area contributed by atoms with E-state index in [1.165, 1.54) is 6.33 Å². The minimum absolute atomic E-state index is 0.228. The van der Waals surface area contributed by atoms with Crippen molar-refractivity contribution in [3.05, 3.63) is 18.2 Å². The van der Waals surface area contributed by atoms with Gasteiger partial charge in [0.15, 0.2) is 0 Å². The molecule has 3 amide bonds. The number of nitrogens with zero attached hydrogens (tertiary/aromatic N) is 1. The Hall–Kier alpha value is -2.95. The van der Waals surface area contributed by atoms with Crippen molar-refractivity contribution in [2.45, 2.75) is 58.7 Å². The highest BCUT2D eigenvalue weighted by Gasteiger charge is 2.32. The Balaban J connectivity index is 2.82. The quantitative estimate of drug-likeness (QED) is 0.253. The summed E-state index contributed by atoms with van der Waals surface area (Å²) in [7, 11) is 0. The summed E-state index contributed by atoms with van der Waals surface area (Å²) < 4.78 is 0. The van der Waals surface area contributed by atoms with E-state index in [1.807, 2.05) is 6.92 Å². The van der Waals surface area contributed by atoms with Crippen molar-refractivity contribution >= 4 is 23.7 Å². The Bertz CT molecular complexity index is 721. The lowest BCUT2D eigenvalue weighted by Gasteiger charge is -2.28. The predicted molar refractivity (Wildman–Crippen MR) is 109 cm³/mol. The zero-order valence-corrected chi connectivity index (χ0v) is 17.8. The second kappa shape index (κ2) is 11.9. The van der Waals surface area contributed by atoms with Gasteiger partial charge in [0.25, 0.3) is 0 Å². The number of nitrogens with one attached hydrogen (secondary N) is 4. The van der Waals surface area contributed by atoms with E-state index in [-0.39, 0.29) is 18.3 Å². The lowest BCUT2D eigenvalue weighted by molar-refractivity contribution is -0.139. The molecule has 0 spiro atoms. The first-order valence-electron chi connectivity index (χ1n) is 9.89. The molecule has 11 nitrogen and oxygen atoms in total. The van der Waals surface area contributed by atoms with Gasteiger partial charge in [0.05, 0.1) is 12.4 Å². The van der Waals surface area contributed by atoms with Gasteiger partial charge in [0.1, 0.15) is 18.6 Å². The van der Waals surface area contributed by atoms with Gasteiger partial charge in [-0.3, -0.25) is 19.2 Å². The molecule has 0 radical (unpaired) electrons. The van der Waals surface area contributed by atoms with Crippen LogP contribution in [-0.2, 0) is 25.6 Å². The third-order valence-corrected chi connectivity index (χ3v) is 4.79. The van der Waals surface area contributed by atoms with Gasteiger partial charge < -0.3 is 31.8 Å². The van der Waals surface area contributed by atoms with Crippen LogP contribution in [-0.4, -0.2) is 63.4 Å². The number of aliphatic carboxylic acids is 1. The molecule has 1 rings (SSSR count). The van der Waals surface area contributed by atoms with Crippen LogP contribution in [0.5, 0.6) is 0 Å². The average molecular weight is 425 g/mol. The number of imidazole rings is 1. The second-order valence-corrected chi connectivity index (χ2v) is 7.60. The molecule has 30 heavy (non-hydrogen) atoms. The Kier molecular flexibility index (Phi) is 9.96. The molecule has 4 unspecified atom stereocenters. The van der Waals surface area contributed by atoms with Gasteiger partial charge in [-0.1, -0.05) is 34.1 Å². The van der Waals surface area contributed by atoms with Crippen molar-refractivity contribution in [3.8, 4) is 0 Å². The fourth-order valence-corrected chi connectivity index (χ4v) is 2.74. The van der Waals surface area contributed by atoms with Crippen LogP contribution in [0.1, 0.15) is 39.8 Å². The van der Waals surface area contributed by atoms with Crippen LogP contribution in [0.2, 0.25) is 0 Å². The molecule has 4 atom stereocenters. The number of carboxylic acid groups (broad SMARTS) is 1. The summed E-state index contributed by atoms with van der Waals surface area (Å²) in [5.41, 5.74) is 6.62. The van der Waals surface area contributed by atoms with Gasteiger partial charge in [-0.15, -0.1) is 0 Å². The number of H-pyrrole nitrogens is 1. The fourth-order valence-electron chi connectivity index (χ4n) is 2.74. The van der Waals surface area contributed by atoms with Crippen molar-refractivity contribution in [1.29, 1.82) is 0 Å². The third kappa shape index (κ3) is 7.82. The van der Waals surface area contributed by atoms with Crippen LogP contribution >= 0.6 is 0 Å². The van der Waals surface area contributed by atoms with Crippen molar-refractivity contribution in [1.82, 2.24) is 25.9 Å². The van der Waals surface area contributed by atoms with Gasteiger partial charge in [-0.2, -0.15) is 0 Å². The number of carbonyl (C=O) groups is 4. The van der Waals surface area contributed by atoms with Crippen molar-refractivity contribution in [3.63, 3.8) is 0 Å². The first kappa shape index (κ1) is 25.1. The van der Waals surface area contributed by atoms with E-state index in [2.05, 4.69) is 25.9 Å². The van der Waals surface area contributed by atoms with Gasteiger partial charge in [-0.05, 0) is 11.8 Å². The van der Waals surface area contributed by atoms with E-state index in [1.54, 1.807) is 27.0 Å². The molecule has 7 N–H and O–H groups in total. The zero-order valence-electron chi connectivity index (χ0n) is 17.8. The largest absolute Gasteiger partial charge is 0.480 e. The van der Waals surface area contributed by atoms with Gasteiger partial charge >= 0.3 is 5.97 Å². The molecule has 0 fully saturated rings. The highest BCUT2D eigenvalue weighted by atomic mass is 16.4. The maximum atomic E-state index is 12.9. The number of amides is 3. The number of hydrogen-bond acceptors (Lipinski definition) is 6. The lowest BCUT2D eigenvalue weighted by Crippen LogP contribution is -2.59. The third-order valence-electron chi connectivity index (χ3n) is 4.79. The number of nitrogens with two attached hydrogens (primary N) is 1. The molecule has 0 saturated carbocycles. The number of rotatable bonds is 12. The van der Waals surface area contributed by atoms with Crippen LogP contribution in [0, 0.1) is 11.8 Å². The smallest absolute Gasteiger partial charge is 0.322 e. The van der Waals surface area contributed by atoms with Gasteiger partial charge in [0, 0.05) is 18.3 Å². The van der Waals surface area contributed by atoms with E-state index in [9.17, 15) is 19.2 Å². The molecular weight excluding hydrogens is 392 g/mol. The monoisotopic (exact) mass is 424 g/mol. The molecule has 0 aromatic carbocycles. The van der Waals surface area contributed by atoms with Crippen molar-refractivity contribution in [2.24, 2.45) is 17.6 Å².